The Morgan fingerprint density at radius 2 is 1.79 bits per heavy atom. The van der Waals surface area contributed by atoms with Gasteiger partial charge in [0.05, 0.1) is 23.9 Å². The van der Waals surface area contributed by atoms with Crippen molar-refractivity contribution in [1.82, 2.24) is 15.1 Å². The summed E-state index contributed by atoms with van der Waals surface area (Å²) in [5.41, 5.74) is 6.18. The Hall–Kier alpha value is -4.37. The Kier molecular flexibility index (Phi) is 7.04. The molecular formula is C28H26N4O2. The highest BCUT2D eigenvalue weighted by Crippen LogP contribution is 2.17. The van der Waals surface area contributed by atoms with Crippen molar-refractivity contribution in [1.29, 1.82) is 5.26 Å². The molecule has 1 heterocycles. The maximum absolute atomic E-state index is 12.7. The van der Waals surface area contributed by atoms with Crippen LogP contribution in [0.5, 0.6) is 5.75 Å². The SMILES string of the molecule is Cc1cc(C)n(Cc2cccc(CNC(=O)c3cccc(OCc4ccccc4C#N)c3)c2)n1. The van der Waals surface area contributed by atoms with Gasteiger partial charge in [0, 0.05) is 23.4 Å². The molecule has 0 aliphatic carbocycles. The Bertz CT molecular complexity index is 1350. The molecule has 0 saturated carbocycles. The smallest absolute Gasteiger partial charge is 0.251 e. The van der Waals surface area contributed by atoms with Crippen LogP contribution in [0.2, 0.25) is 0 Å². The van der Waals surface area contributed by atoms with E-state index >= 15 is 0 Å². The van der Waals surface area contributed by atoms with Crippen LogP contribution in [0.15, 0.2) is 78.9 Å². The van der Waals surface area contributed by atoms with E-state index in [4.69, 9.17) is 4.74 Å². The number of benzene rings is 3. The second-order valence-corrected chi connectivity index (χ2v) is 8.17. The Labute approximate surface area is 199 Å². The lowest BCUT2D eigenvalue weighted by Gasteiger charge is -2.11. The summed E-state index contributed by atoms with van der Waals surface area (Å²) in [5, 5.41) is 16.7. The molecule has 6 nitrogen and oxygen atoms in total. The van der Waals surface area contributed by atoms with Gasteiger partial charge in [0.2, 0.25) is 0 Å². The van der Waals surface area contributed by atoms with Crippen LogP contribution >= 0.6 is 0 Å². The molecule has 34 heavy (non-hydrogen) atoms. The number of nitriles is 1. The van der Waals surface area contributed by atoms with E-state index in [1.165, 1.54) is 0 Å². The molecule has 1 amide bonds. The van der Waals surface area contributed by atoms with Gasteiger partial charge >= 0.3 is 0 Å². The zero-order valence-electron chi connectivity index (χ0n) is 19.3. The molecule has 0 radical (unpaired) electrons. The number of carbonyl (C=O) groups is 1. The minimum atomic E-state index is -0.174. The highest BCUT2D eigenvalue weighted by Gasteiger charge is 2.09. The molecule has 6 heteroatoms. The maximum Gasteiger partial charge on any atom is 0.251 e. The third-order valence-electron chi connectivity index (χ3n) is 5.51. The van der Waals surface area contributed by atoms with E-state index in [-0.39, 0.29) is 12.5 Å². The molecule has 0 aliphatic rings. The predicted octanol–water partition coefficient (Wildman–Crippen LogP) is 4.93. The summed E-state index contributed by atoms with van der Waals surface area (Å²) in [4.78, 5) is 12.7. The van der Waals surface area contributed by atoms with Crippen molar-refractivity contribution >= 4 is 5.91 Å². The summed E-state index contributed by atoms with van der Waals surface area (Å²) < 4.78 is 7.81. The highest BCUT2D eigenvalue weighted by molar-refractivity contribution is 5.94. The average molecular weight is 451 g/mol. The van der Waals surface area contributed by atoms with Gasteiger partial charge in [-0.2, -0.15) is 10.4 Å². The topological polar surface area (TPSA) is 79.9 Å². The van der Waals surface area contributed by atoms with Crippen LogP contribution in [-0.4, -0.2) is 15.7 Å². The normalized spacial score (nSPS) is 10.5. The van der Waals surface area contributed by atoms with Crippen LogP contribution in [0.3, 0.4) is 0 Å². The lowest BCUT2D eigenvalue weighted by atomic mass is 10.1. The standard InChI is InChI=1S/C28H26N4O2/c1-20-13-21(2)32(31-20)18-23-8-5-7-22(14-23)17-30-28(33)24-11-6-12-27(15-24)34-19-26-10-4-3-9-25(26)16-29/h3-15H,17-19H2,1-2H3,(H,30,33). The molecule has 3 aromatic carbocycles. The van der Waals surface area contributed by atoms with Gasteiger partial charge in [-0.25, -0.2) is 0 Å². The molecule has 0 atom stereocenters. The zero-order valence-corrected chi connectivity index (χ0v) is 19.3. The molecule has 4 aromatic rings. The summed E-state index contributed by atoms with van der Waals surface area (Å²) >= 11 is 0. The minimum Gasteiger partial charge on any atom is -0.489 e. The fourth-order valence-electron chi connectivity index (χ4n) is 3.77. The molecule has 1 N–H and O–H groups in total. The number of nitrogens with one attached hydrogen (secondary N) is 1. The first-order chi connectivity index (χ1) is 16.5. The van der Waals surface area contributed by atoms with Gasteiger partial charge in [0.25, 0.3) is 5.91 Å². The monoisotopic (exact) mass is 450 g/mol. The number of hydrogen-bond acceptors (Lipinski definition) is 4. The maximum atomic E-state index is 12.7. The predicted molar refractivity (Wildman–Crippen MR) is 130 cm³/mol. The van der Waals surface area contributed by atoms with Crippen LogP contribution in [-0.2, 0) is 19.7 Å². The van der Waals surface area contributed by atoms with Crippen LogP contribution in [0.1, 0.15) is 44.0 Å². The molecule has 170 valence electrons. The van der Waals surface area contributed by atoms with Crippen molar-refractivity contribution in [2.24, 2.45) is 0 Å². The van der Waals surface area contributed by atoms with Crippen LogP contribution in [0.4, 0.5) is 0 Å². The molecule has 0 spiro atoms. The van der Waals surface area contributed by atoms with E-state index in [1.807, 2.05) is 48.9 Å². The van der Waals surface area contributed by atoms with Crippen LogP contribution in [0, 0.1) is 25.2 Å². The fraction of sp³-hybridized carbons (Fsp3) is 0.179. The van der Waals surface area contributed by atoms with Gasteiger partial charge < -0.3 is 10.1 Å². The first-order valence-electron chi connectivity index (χ1n) is 11.1. The largest absolute Gasteiger partial charge is 0.489 e. The third kappa shape index (κ3) is 5.70. The van der Waals surface area contributed by atoms with Crippen molar-refractivity contribution in [3.8, 4) is 11.8 Å². The molecular weight excluding hydrogens is 424 g/mol. The first kappa shape index (κ1) is 22.8. The van der Waals surface area contributed by atoms with Crippen molar-refractivity contribution in [2.75, 3.05) is 0 Å². The Morgan fingerprint density at radius 3 is 2.59 bits per heavy atom. The van der Waals surface area contributed by atoms with Crippen LogP contribution < -0.4 is 10.1 Å². The number of amides is 1. The second kappa shape index (κ2) is 10.5. The first-order valence-corrected chi connectivity index (χ1v) is 11.1. The van der Waals surface area contributed by atoms with E-state index in [0.29, 0.717) is 30.0 Å². The molecule has 0 aliphatic heterocycles. The van der Waals surface area contributed by atoms with E-state index in [0.717, 1.165) is 28.1 Å². The van der Waals surface area contributed by atoms with E-state index < -0.39 is 0 Å². The Balaban J connectivity index is 1.36. The van der Waals surface area contributed by atoms with Gasteiger partial charge in [-0.05, 0) is 55.3 Å². The lowest BCUT2D eigenvalue weighted by Crippen LogP contribution is -2.22. The molecule has 0 saturated heterocycles. The molecule has 1 aromatic heterocycles. The number of aromatic nitrogens is 2. The summed E-state index contributed by atoms with van der Waals surface area (Å²) in [7, 11) is 0. The van der Waals surface area contributed by atoms with Gasteiger partial charge in [-0.3, -0.25) is 9.48 Å². The van der Waals surface area contributed by atoms with Crippen molar-refractivity contribution in [3.05, 3.63) is 118 Å². The zero-order chi connectivity index (χ0) is 23.9. The minimum absolute atomic E-state index is 0.174. The second-order valence-electron chi connectivity index (χ2n) is 8.17. The third-order valence-corrected chi connectivity index (χ3v) is 5.51. The number of ether oxygens (including phenoxy) is 1. The van der Waals surface area contributed by atoms with Gasteiger partial charge in [-0.15, -0.1) is 0 Å². The fourth-order valence-corrected chi connectivity index (χ4v) is 3.77. The van der Waals surface area contributed by atoms with E-state index in [2.05, 4.69) is 34.7 Å². The lowest BCUT2D eigenvalue weighted by molar-refractivity contribution is 0.0950. The molecule has 0 bridgehead atoms. The molecule has 0 unspecified atom stereocenters. The Morgan fingerprint density at radius 1 is 1.00 bits per heavy atom. The van der Waals surface area contributed by atoms with E-state index in [1.54, 1.807) is 30.3 Å². The van der Waals surface area contributed by atoms with Gasteiger partial charge in [0.1, 0.15) is 12.4 Å². The number of rotatable bonds is 8. The summed E-state index contributed by atoms with van der Waals surface area (Å²) in [6.07, 6.45) is 0. The number of nitrogens with zero attached hydrogens (tertiary/aromatic N) is 3. The number of aryl methyl sites for hydroxylation is 2. The average Bonchev–Trinajstić information content (AvgIpc) is 3.17. The van der Waals surface area contributed by atoms with Gasteiger partial charge in [-0.1, -0.05) is 48.5 Å². The number of carbonyl (C=O) groups excluding carboxylic acids is 1. The quantitative estimate of drug-likeness (QED) is 0.413. The summed E-state index contributed by atoms with van der Waals surface area (Å²) in [5.74, 6) is 0.402. The summed E-state index contributed by atoms with van der Waals surface area (Å²) in [6.45, 7) is 5.40. The van der Waals surface area contributed by atoms with E-state index in [9.17, 15) is 10.1 Å². The van der Waals surface area contributed by atoms with Crippen LogP contribution in [0.25, 0.3) is 0 Å². The van der Waals surface area contributed by atoms with Crippen molar-refractivity contribution in [3.63, 3.8) is 0 Å². The van der Waals surface area contributed by atoms with Crippen molar-refractivity contribution in [2.45, 2.75) is 33.5 Å². The molecule has 4 rings (SSSR count). The van der Waals surface area contributed by atoms with Gasteiger partial charge in [0.15, 0.2) is 0 Å². The highest BCUT2D eigenvalue weighted by atomic mass is 16.5. The summed E-state index contributed by atoms with van der Waals surface area (Å²) in [6, 6.07) is 26.7. The molecule has 0 fully saturated rings. The van der Waals surface area contributed by atoms with Crippen molar-refractivity contribution < 1.29 is 9.53 Å². The number of hydrogen-bond donors (Lipinski definition) is 1.